The highest BCUT2D eigenvalue weighted by Gasteiger charge is 2.22. The molecule has 1 aromatic carbocycles. The van der Waals surface area contributed by atoms with Gasteiger partial charge in [-0.2, -0.15) is 0 Å². The number of nitrogens with one attached hydrogen (secondary N) is 2. The van der Waals surface area contributed by atoms with E-state index < -0.39 is 0 Å². The molecule has 3 rings (SSSR count). The van der Waals surface area contributed by atoms with Gasteiger partial charge in [0.25, 0.3) is 0 Å². The summed E-state index contributed by atoms with van der Waals surface area (Å²) in [5.74, 6) is -0.0695. The summed E-state index contributed by atoms with van der Waals surface area (Å²) < 4.78 is 0.787. The van der Waals surface area contributed by atoms with E-state index in [1.54, 1.807) is 18.6 Å². The smallest absolute Gasteiger partial charge is 0.246 e. The van der Waals surface area contributed by atoms with Gasteiger partial charge in [0.15, 0.2) is 0 Å². The summed E-state index contributed by atoms with van der Waals surface area (Å²) in [5, 5.41) is 3.05. The molecular formula is C16H17BrN4O. The number of nitrogens with zero attached hydrogens (tertiary/aromatic N) is 2. The molecule has 6 heteroatoms. The van der Waals surface area contributed by atoms with Crippen LogP contribution in [0.1, 0.15) is 11.3 Å². The number of amides is 1. The van der Waals surface area contributed by atoms with Gasteiger partial charge < -0.3 is 15.2 Å². The van der Waals surface area contributed by atoms with Crippen molar-refractivity contribution in [3.63, 3.8) is 0 Å². The van der Waals surface area contributed by atoms with Crippen LogP contribution >= 0.6 is 15.9 Å². The summed E-state index contributed by atoms with van der Waals surface area (Å²) in [4.78, 5) is 21.2. The number of hydrogen-bond acceptors (Lipinski definition) is 3. The molecule has 0 fully saturated rings. The van der Waals surface area contributed by atoms with Gasteiger partial charge in [0.2, 0.25) is 5.91 Å². The van der Waals surface area contributed by atoms with Crippen molar-refractivity contribution in [1.82, 2.24) is 20.2 Å². The van der Waals surface area contributed by atoms with E-state index in [2.05, 4.69) is 48.2 Å². The summed E-state index contributed by atoms with van der Waals surface area (Å²) in [6, 6.07) is 10.3. The van der Waals surface area contributed by atoms with Crippen LogP contribution in [-0.2, 0) is 17.8 Å². The number of hydrogen-bond donors (Lipinski definition) is 2. The molecule has 1 aliphatic rings. The molecule has 2 N–H and O–H groups in total. The first-order valence-corrected chi connectivity index (χ1v) is 7.94. The van der Waals surface area contributed by atoms with E-state index in [9.17, 15) is 4.79 Å². The number of carbonyl (C=O) groups is 1. The van der Waals surface area contributed by atoms with Crippen molar-refractivity contribution in [2.75, 3.05) is 6.54 Å². The number of aromatic nitrogens is 2. The van der Waals surface area contributed by atoms with E-state index >= 15 is 0 Å². The Morgan fingerprint density at radius 2 is 2.14 bits per heavy atom. The van der Waals surface area contributed by atoms with Crippen molar-refractivity contribution in [2.24, 2.45) is 0 Å². The highest BCUT2D eigenvalue weighted by atomic mass is 79.9. The van der Waals surface area contributed by atoms with Gasteiger partial charge in [0, 0.05) is 18.8 Å². The lowest BCUT2D eigenvalue weighted by molar-refractivity contribution is -0.117. The molecule has 0 spiro atoms. The summed E-state index contributed by atoms with van der Waals surface area (Å²) in [7, 11) is 0. The van der Waals surface area contributed by atoms with Crippen molar-refractivity contribution in [1.29, 1.82) is 0 Å². The number of carbonyl (C=O) groups excluding carboxylic acids is 1. The first-order valence-electron chi connectivity index (χ1n) is 7.14. The number of benzene rings is 1. The van der Waals surface area contributed by atoms with Gasteiger partial charge in [0.05, 0.1) is 29.2 Å². The second-order valence-electron chi connectivity index (χ2n) is 5.32. The summed E-state index contributed by atoms with van der Waals surface area (Å²) >= 11 is 3.50. The van der Waals surface area contributed by atoms with E-state index in [0.29, 0.717) is 6.54 Å². The fourth-order valence-corrected chi connectivity index (χ4v) is 3.05. The number of rotatable bonds is 4. The molecule has 0 bridgehead atoms. The molecule has 1 amide bonds. The molecule has 2 heterocycles. The zero-order chi connectivity index (χ0) is 15.4. The van der Waals surface area contributed by atoms with Crippen molar-refractivity contribution < 1.29 is 4.79 Å². The third-order valence-corrected chi connectivity index (χ3v) is 4.31. The minimum atomic E-state index is -0.0695. The van der Waals surface area contributed by atoms with Crippen molar-refractivity contribution in [2.45, 2.75) is 19.0 Å². The molecule has 0 radical (unpaired) electrons. The van der Waals surface area contributed by atoms with Gasteiger partial charge >= 0.3 is 0 Å². The van der Waals surface area contributed by atoms with Crippen molar-refractivity contribution in [3.8, 4) is 0 Å². The molecule has 0 saturated carbocycles. The zero-order valence-corrected chi connectivity index (χ0v) is 13.6. The van der Waals surface area contributed by atoms with Crippen LogP contribution in [0.2, 0.25) is 0 Å². The van der Waals surface area contributed by atoms with E-state index in [4.69, 9.17) is 0 Å². The van der Waals surface area contributed by atoms with Crippen molar-refractivity contribution >= 4 is 21.8 Å². The molecule has 22 heavy (non-hydrogen) atoms. The van der Waals surface area contributed by atoms with Gasteiger partial charge in [-0.25, -0.2) is 4.98 Å². The van der Waals surface area contributed by atoms with Crippen LogP contribution in [0.3, 0.4) is 0 Å². The Hall–Kier alpha value is -2.08. The molecule has 1 aliphatic heterocycles. The van der Waals surface area contributed by atoms with Crippen LogP contribution in [0.15, 0.2) is 53.5 Å². The molecule has 1 unspecified atom stereocenters. The topological polar surface area (TPSA) is 61.0 Å². The highest BCUT2D eigenvalue weighted by Crippen LogP contribution is 2.19. The number of aromatic amines is 1. The average Bonchev–Trinajstić information content (AvgIpc) is 2.95. The van der Waals surface area contributed by atoms with Crippen LogP contribution in [0.25, 0.3) is 0 Å². The van der Waals surface area contributed by atoms with Gasteiger partial charge in [-0.3, -0.25) is 4.79 Å². The Labute approximate surface area is 137 Å². The van der Waals surface area contributed by atoms with E-state index in [-0.39, 0.29) is 11.9 Å². The standard InChI is InChI=1S/C16H17BrN4O/c17-15-7-16(22)20-13(6-12-4-2-1-3-5-12)9-21(15)10-14-8-18-11-19-14/h1-5,7-8,11,13H,6,9-10H2,(H,18,19)(H,20,22). The normalized spacial score (nSPS) is 18.6. The summed E-state index contributed by atoms with van der Waals surface area (Å²) in [6.07, 6.45) is 5.85. The maximum atomic E-state index is 12.0. The molecular weight excluding hydrogens is 344 g/mol. The predicted molar refractivity (Wildman–Crippen MR) is 88.1 cm³/mol. The lowest BCUT2D eigenvalue weighted by atomic mass is 10.1. The lowest BCUT2D eigenvalue weighted by Gasteiger charge is -2.26. The number of halogens is 1. The molecule has 0 aliphatic carbocycles. The Kier molecular flexibility index (Phi) is 4.58. The third-order valence-electron chi connectivity index (χ3n) is 3.58. The summed E-state index contributed by atoms with van der Waals surface area (Å²) in [6.45, 7) is 1.41. The van der Waals surface area contributed by atoms with Gasteiger partial charge in [-0.1, -0.05) is 30.3 Å². The number of H-pyrrole nitrogens is 1. The lowest BCUT2D eigenvalue weighted by Crippen LogP contribution is -2.41. The van der Waals surface area contributed by atoms with Crippen LogP contribution in [-0.4, -0.2) is 33.4 Å². The second-order valence-corrected chi connectivity index (χ2v) is 6.13. The third kappa shape index (κ3) is 3.76. The van der Waals surface area contributed by atoms with Crippen LogP contribution < -0.4 is 5.32 Å². The van der Waals surface area contributed by atoms with E-state index in [1.165, 1.54) is 5.56 Å². The molecule has 1 atom stereocenters. The highest BCUT2D eigenvalue weighted by molar-refractivity contribution is 9.11. The Morgan fingerprint density at radius 3 is 2.86 bits per heavy atom. The average molecular weight is 361 g/mol. The minimum absolute atomic E-state index is 0.0594. The van der Waals surface area contributed by atoms with Crippen LogP contribution in [0.5, 0.6) is 0 Å². The molecule has 114 valence electrons. The maximum Gasteiger partial charge on any atom is 0.246 e. The zero-order valence-electron chi connectivity index (χ0n) is 12.0. The molecule has 1 aromatic heterocycles. The summed E-state index contributed by atoms with van der Waals surface area (Å²) in [5.41, 5.74) is 2.23. The van der Waals surface area contributed by atoms with Crippen LogP contribution in [0.4, 0.5) is 0 Å². The maximum absolute atomic E-state index is 12.0. The van der Waals surface area contributed by atoms with E-state index in [1.807, 2.05) is 18.2 Å². The minimum Gasteiger partial charge on any atom is -0.358 e. The Bertz CT molecular complexity index is 654. The van der Waals surface area contributed by atoms with Crippen molar-refractivity contribution in [3.05, 3.63) is 64.8 Å². The van der Waals surface area contributed by atoms with E-state index in [0.717, 1.165) is 23.3 Å². The predicted octanol–water partition coefficient (Wildman–Crippen LogP) is 2.19. The first-order chi connectivity index (χ1) is 10.7. The Morgan fingerprint density at radius 1 is 1.32 bits per heavy atom. The van der Waals surface area contributed by atoms with Crippen LogP contribution in [0, 0.1) is 0 Å². The first kappa shape index (κ1) is 14.8. The second kappa shape index (κ2) is 6.79. The fraction of sp³-hybridized carbons (Fsp3) is 0.250. The van der Waals surface area contributed by atoms with Gasteiger partial charge in [-0.15, -0.1) is 0 Å². The molecule has 5 nitrogen and oxygen atoms in total. The molecule has 0 saturated heterocycles. The quantitative estimate of drug-likeness (QED) is 0.821. The molecule has 2 aromatic rings. The van der Waals surface area contributed by atoms with Gasteiger partial charge in [0.1, 0.15) is 0 Å². The fourth-order valence-electron chi connectivity index (χ4n) is 2.57. The largest absolute Gasteiger partial charge is 0.358 e. The van der Waals surface area contributed by atoms with Gasteiger partial charge in [-0.05, 0) is 27.9 Å². The SMILES string of the molecule is O=C1C=C(Br)N(Cc2cnc[nH]2)CC(Cc2ccccc2)N1. The Balaban J connectivity index is 1.74. The number of imidazole rings is 1. The monoisotopic (exact) mass is 360 g/mol.